The molecule has 1 heterocycles. The van der Waals surface area contributed by atoms with Crippen molar-refractivity contribution in [3.8, 4) is 17.2 Å². The maximum Gasteiger partial charge on any atom is 0.155 e. The van der Waals surface area contributed by atoms with E-state index in [0.717, 1.165) is 41.1 Å². The van der Waals surface area contributed by atoms with E-state index in [2.05, 4.69) is 170 Å². The fourth-order valence-corrected chi connectivity index (χ4v) is 11.1. The molecule has 4 aliphatic carbocycles. The van der Waals surface area contributed by atoms with E-state index in [1.807, 2.05) is 12.1 Å². The first kappa shape index (κ1) is 36.4. The average molecular weight is 774 g/mol. The molecule has 0 saturated heterocycles. The molecule has 11 rings (SSSR count). The quantitative estimate of drug-likeness (QED) is 0.166. The van der Waals surface area contributed by atoms with Gasteiger partial charge in [0.1, 0.15) is 0 Å². The molecule has 3 heteroatoms. The van der Waals surface area contributed by atoms with Gasteiger partial charge >= 0.3 is 0 Å². The molecule has 0 aromatic heterocycles. The van der Waals surface area contributed by atoms with Gasteiger partial charge in [-0.05, 0) is 86.7 Å². The van der Waals surface area contributed by atoms with Crippen LogP contribution in [-0.2, 0) is 5.41 Å². The zero-order valence-electron chi connectivity index (χ0n) is 33.8. The highest BCUT2D eigenvalue weighted by molar-refractivity contribution is 6.14. The van der Waals surface area contributed by atoms with E-state index in [9.17, 15) is 5.26 Å². The SMILES string of the molecule is N#Cc1ccc2c(c1)C1(CCCCC1)C1=CC=CC(c3ccc(-c4ccc(C5=NC(c6ccccc6)=NC(c6ccc(C7C=CC=CC7)cc6)C5)cc4)c4ccccc34)C12. The smallest absolute Gasteiger partial charge is 0.155 e. The monoisotopic (exact) mass is 773 g/mol. The minimum absolute atomic E-state index is 0.0165. The highest BCUT2D eigenvalue weighted by atomic mass is 15.0. The first-order chi connectivity index (χ1) is 29.7. The van der Waals surface area contributed by atoms with Crippen LogP contribution in [0.15, 0.2) is 192 Å². The van der Waals surface area contributed by atoms with Crippen molar-refractivity contribution < 1.29 is 0 Å². The second kappa shape index (κ2) is 15.2. The Morgan fingerprint density at radius 2 is 1.38 bits per heavy atom. The Hall–Kier alpha value is -6.63. The van der Waals surface area contributed by atoms with E-state index >= 15 is 0 Å². The Balaban J connectivity index is 0.920. The average Bonchev–Trinajstić information content (AvgIpc) is 3.59. The lowest BCUT2D eigenvalue weighted by molar-refractivity contribution is 0.340. The Bertz CT molecular complexity index is 2850. The second-order valence-electron chi connectivity index (χ2n) is 17.3. The van der Waals surface area contributed by atoms with Gasteiger partial charge in [-0.25, -0.2) is 4.99 Å². The Labute approximate surface area is 353 Å². The summed E-state index contributed by atoms with van der Waals surface area (Å²) < 4.78 is 0. The number of allylic oxidation sites excluding steroid dienone is 8. The van der Waals surface area contributed by atoms with Gasteiger partial charge < -0.3 is 0 Å². The third-order valence-corrected chi connectivity index (χ3v) is 14.1. The van der Waals surface area contributed by atoms with E-state index in [1.165, 1.54) is 81.8 Å². The summed E-state index contributed by atoms with van der Waals surface area (Å²) >= 11 is 0. The van der Waals surface area contributed by atoms with Crippen LogP contribution in [0.2, 0.25) is 0 Å². The molecule has 4 atom stereocenters. The molecule has 1 aliphatic heterocycles. The van der Waals surface area contributed by atoms with Gasteiger partial charge in [-0.15, -0.1) is 0 Å². The Morgan fingerprint density at radius 1 is 0.633 bits per heavy atom. The Morgan fingerprint density at radius 3 is 2.17 bits per heavy atom. The summed E-state index contributed by atoms with van der Waals surface area (Å²) in [6, 6.07) is 51.2. The van der Waals surface area contributed by atoms with E-state index < -0.39 is 0 Å². The van der Waals surface area contributed by atoms with Crippen molar-refractivity contribution in [3.05, 3.63) is 226 Å². The van der Waals surface area contributed by atoms with E-state index in [1.54, 1.807) is 5.57 Å². The number of nitrogens with zero attached hydrogens (tertiary/aromatic N) is 3. The van der Waals surface area contributed by atoms with Gasteiger partial charge in [-0.3, -0.25) is 4.99 Å². The predicted octanol–water partition coefficient (Wildman–Crippen LogP) is 13.9. The number of benzene rings is 6. The largest absolute Gasteiger partial charge is 0.258 e. The summed E-state index contributed by atoms with van der Waals surface area (Å²) in [5.74, 6) is 1.71. The zero-order valence-corrected chi connectivity index (χ0v) is 33.8. The summed E-state index contributed by atoms with van der Waals surface area (Å²) in [5.41, 5.74) is 14.8. The standard InChI is InChI=1S/C57H47N3/c58-37-38-21-30-50-52(35-38)57(33-10-3-11-34-57)51-20-12-19-49(55(50)51)48-32-31-45(46-17-8-9-18-47(46)48)41-24-28-43(29-25-41)54-36-53(59-56(60-54)44-15-6-2-7-16-44)42-26-22-40(23-27-42)39-13-4-1-5-14-39/h1-2,4-9,12-13,15-32,35,39,49,53,55H,3,10-11,14,33-34,36H2. The zero-order chi connectivity index (χ0) is 40.0. The lowest BCUT2D eigenvalue weighted by Gasteiger charge is -2.39. The van der Waals surface area contributed by atoms with Crippen molar-refractivity contribution in [1.82, 2.24) is 0 Å². The van der Waals surface area contributed by atoms with Crippen molar-refractivity contribution in [1.29, 1.82) is 5.26 Å². The van der Waals surface area contributed by atoms with Crippen LogP contribution in [0, 0.1) is 11.3 Å². The molecule has 1 spiro atoms. The van der Waals surface area contributed by atoms with E-state index in [0.29, 0.717) is 5.92 Å². The molecule has 5 aliphatic rings. The van der Waals surface area contributed by atoms with Gasteiger partial charge in [-0.2, -0.15) is 5.26 Å². The number of aliphatic imine (C=N–C) groups is 2. The second-order valence-corrected chi connectivity index (χ2v) is 17.3. The van der Waals surface area contributed by atoms with Gasteiger partial charge in [0.2, 0.25) is 0 Å². The number of hydrogen-bond acceptors (Lipinski definition) is 3. The minimum atomic E-state index is -0.0165. The fourth-order valence-electron chi connectivity index (χ4n) is 11.1. The summed E-state index contributed by atoms with van der Waals surface area (Å²) in [4.78, 5) is 10.4. The lowest BCUT2D eigenvalue weighted by Crippen LogP contribution is -2.30. The van der Waals surface area contributed by atoms with E-state index in [-0.39, 0.29) is 23.3 Å². The first-order valence-corrected chi connectivity index (χ1v) is 21.9. The number of nitriles is 1. The van der Waals surface area contributed by atoms with Crippen molar-refractivity contribution in [2.24, 2.45) is 9.98 Å². The molecule has 290 valence electrons. The normalized spacial score (nSPS) is 22.4. The summed E-state index contributed by atoms with van der Waals surface area (Å²) in [6.45, 7) is 0. The van der Waals surface area contributed by atoms with Crippen LogP contribution in [0.3, 0.4) is 0 Å². The Kier molecular flexibility index (Phi) is 9.23. The van der Waals surface area contributed by atoms with Gasteiger partial charge in [0.15, 0.2) is 5.84 Å². The van der Waals surface area contributed by atoms with Crippen LogP contribution >= 0.6 is 0 Å². The molecule has 0 bridgehead atoms. The van der Waals surface area contributed by atoms with Crippen molar-refractivity contribution in [3.63, 3.8) is 0 Å². The van der Waals surface area contributed by atoms with Crippen LogP contribution in [0.25, 0.3) is 21.9 Å². The van der Waals surface area contributed by atoms with Crippen LogP contribution in [0.5, 0.6) is 0 Å². The van der Waals surface area contributed by atoms with Gasteiger partial charge in [-0.1, -0.05) is 189 Å². The number of hydrogen-bond donors (Lipinski definition) is 0. The third-order valence-electron chi connectivity index (χ3n) is 14.1. The summed E-state index contributed by atoms with van der Waals surface area (Å²) in [5, 5.41) is 12.5. The molecule has 1 fully saturated rings. The van der Waals surface area contributed by atoms with Crippen LogP contribution in [0.1, 0.15) is 113 Å². The molecule has 0 N–H and O–H groups in total. The molecule has 6 aromatic carbocycles. The molecule has 60 heavy (non-hydrogen) atoms. The van der Waals surface area contributed by atoms with Crippen LogP contribution < -0.4 is 0 Å². The lowest BCUT2D eigenvalue weighted by atomic mass is 9.64. The van der Waals surface area contributed by atoms with Gasteiger partial charge in [0.05, 0.1) is 23.4 Å². The third kappa shape index (κ3) is 6.25. The number of rotatable bonds is 6. The summed E-state index contributed by atoms with van der Waals surface area (Å²) in [7, 11) is 0. The maximum atomic E-state index is 9.92. The maximum absolute atomic E-state index is 9.92. The van der Waals surface area contributed by atoms with Crippen molar-refractivity contribution >= 4 is 22.3 Å². The molecular weight excluding hydrogens is 727 g/mol. The van der Waals surface area contributed by atoms with Crippen LogP contribution in [-0.4, -0.2) is 11.5 Å². The molecule has 3 nitrogen and oxygen atoms in total. The molecule has 1 saturated carbocycles. The fraction of sp³-hybridized carbons (Fsp3) is 0.211. The molecule has 6 aromatic rings. The molecule has 0 amide bonds. The van der Waals surface area contributed by atoms with Crippen molar-refractivity contribution in [2.45, 2.75) is 74.2 Å². The highest BCUT2D eigenvalue weighted by Gasteiger charge is 2.51. The first-order valence-electron chi connectivity index (χ1n) is 21.9. The predicted molar refractivity (Wildman–Crippen MR) is 247 cm³/mol. The summed E-state index contributed by atoms with van der Waals surface area (Å²) in [6.07, 6.45) is 23.9. The minimum Gasteiger partial charge on any atom is -0.258 e. The highest BCUT2D eigenvalue weighted by Crippen LogP contribution is 2.62. The topological polar surface area (TPSA) is 48.5 Å². The van der Waals surface area contributed by atoms with Gasteiger partial charge in [0, 0.05) is 35.2 Å². The number of fused-ring (bicyclic) bond motifs is 6. The van der Waals surface area contributed by atoms with Crippen molar-refractivity contribution in [2.75, 3.05) is 0 Å². The van der Waals surface area contributed by atoms with E-state index in [4.69, 9.17) is 9.98 Å². The van der Waals surface area contributed by atoms with Gasteiger partial charge in [0.25, 0.3) is 0 Å². The molecule has 4 unspecified atom stereocenters. The van der Waals surface area contributed by atoms with Crippen LogP contribution in [0.4, 0.5) is 0 Å². The number of amidine groups is 1. The molecule has 0 radical (unpaired) electrons. The molecular formula is C57H47N3.